The maximum absolute atomic E-state index is 10.8. The first kappa shape index (κ1) is 14.0. The maximum Gasteiger partial charge on any atom is 0.269 e. The smallest absolute Gasteiger partial charge is 0.269 e. The molecule has 4 nitrogen and oxygen atoms in total. The molecule has 1 fully saturated rings. The van der Waals surface area contributed by atoms with Crippen LogP contribution in [0.15, 0.2) is 24.3 Å². The van der Waals surface area contributed by atoms with Crippen LogP contribution in [0.2, 0.25) is 0 Å². The number of nitrogens with one attached hydrogen (secondary N) is 1. The zero-order chi connectivity index (χ0) is 13.7. The summed E-state index contributed by atoms with van der Waals surface area (Å²) in [6, 6.07) is 7.62. The minimum atomic E-state index is -0.313. The third-order valence-electron chi connectivity index (χ3n) is 4.15. The lowest BCUT2D eigenvalue weighted by Crippen LogP contribution is -2.33. The number of nitro groups is 1. The van der Waals surface area contributed by atoms with Gasteiger partial charge in [-0.25, -0.2) is 0 Å². The Bertz CT molecular complexity index is 434. The lowest BCUT2D eigenvalue weighted by Gasteiger charge is -2.24. The van der Waals surface area contributed by atoms with Gasteiger partial charge in [-0.2, -0.15) is 0 Å². The van der Waals surface area contributed by atoms with Crippen LogP contribution >= 0.6 is 0 Å². The highest BCUT2D eigenvalue weighted by Gasteiger charge is 2.22. The Morgan fingerprint density at radius 3 is 2.84 bits per heavy atom. The first-order chi connectivity index (χ1) is 9.20. The van der Waals surface area contributed by atoms with Crippen molar-refractivity contribution < 1.29 is 4.92 Å². The fourth-order valence-corrected chi connectivity index (χ4v) is 3.11. The molecule has 1 aromatic rings. The first-order valence-corrected chi connectivity index (χ1v) is 7.11. The lowest BCUT2D eigenvalue weighted by molar-refractivity contribution is -0.384. The van der Waals surface area contributed by atoms with E-state index in [0.717, 1.165) is 12.0 Å². The summed E-state index contributed by atoms with van der Waals surface area (Å²) in [6.45, 7) is 0. The van der Waals surface area contributed by atoms with Gasteiger partial charge >= 0.3 is 0 Å². The standard InChI is InChI=1S/C15H22N2O2/c1-16-15-9-4-2-3-7-13(15)10-12-6-5-8-14(11-12)17(18)19/h5-6,8,11,13,15-16H,2-4,7,9-10H2,1H3. The monoisotopic (exact) mass is 262 g/mol. The van der Waals surface area contributed by atoms with E-state index in [1.807, 2.05) is 13.1 Å². The van der Waals surface area contributed by atoms with Crippen LogP contribution in [0.25, 0.3) is 0 Å². The molecule has 0 aliphatic heterocycles. The van der Waals surface area contributed by atoms with Crippen molar-refractivity contribution in [3.8, 4) is 0 Å². The van der Waals surface area contributed by atoms with Gasteiger partial charge in [0, 0.05) is 18.2 Å². The number of hydrogen-bond acceptors (Lipinski definition) is 3. The van der Waals surface area contributed by atoms with Crippen molar-refractivity contribution in [1.29, 1.82) is 0 Å². The molecule has 2 rings (SSSR count). The Morgan fingerprint density at radius 1 is 1.32 bits per heavy atom. The highest BCUT2D eigenvalue weighted by Crippen LogP contribution is 2.27. The fourth-order valence-electron chi connectivity index (χ4n) is 3.11. The molecule has 0 spiro atoms. The van der Waals surface area contributed by atoms with E-state index in [1.165, 1.54) is 32.1 Å². The van der Waals surface area contributed by atoms with E-state index in [2.05, 4.69) is 5.32 Å². The van der Waals surface area contributed by atoms with Crippen molar-refractivity contribution in [1.82, 2.24) is 5.32 Å². The second-order valence-corrected chi connectivity index (χ2v) is 5.42. The molecule has 19 heavy (non-hydrogen) atoms. The zero-order valence-electron chi connectivity index (χ0n) is 11.5. The van der Waals surface area contributed by atoms with E-state index in [1.54, 1.807) is 18.2 Å². The molecule has 0 radical (unpaired) electrons. The minimum Gasteiger partial charge on any atom is -0.317 e. The number of nitrogens with zero attached hydrogens (tertiary/aromatic N) is 1. The highest BCUT2D eigenvalue weighted by atomic mass is 16.6. The third-order valence-corrected chi connectivity index (χ3v) is 4.15. The molecular weight excluding hydrogens is 240 g/mol. The topological polar surface area (TPSA) is 55.2 Å². The van der Waals surface area contributed by atoms with E-state index >= 15 is 0 Å². The second-order valence-electron chi connectivity index (χ2n) is 5.42. The van der Waals surface area contributed by atoms with Crippen LogP contribution in [0.4, 0.5) is 5.69 Å². The van der Waals surface area contributed by atoms with Gasteiger partial charge in [0.25, 0.3) is 5.69 Å². The molecule has 0 saturated heterocycles. The number of non-ortho nitro benzene ring substituents is 1. The summed E-state index contributed by atoms with van der Waals surface area (Å²) in [5.74, 6) is 0.592. The molecule has 2 unspecified atom stereocenters. The molecule has 104 valence electrons. The Balaban J connectivity index is 2.09. The average molecular weight is 262 g/mol. The molecule has 1 aliphatic carbocycles. The molecule has 0 aromatic heterocycles. The molecule has 4 heteroatoms. The molecule has 0 amide bonds. The largest absolute Gasteiger partial charge is 0.317 e. The number of nitro benzene ring substituents is 1. The van der Waals surface area contributed by atoms with Gasteiger partial charge in [-0.3, -0.25) is 10.1 Å². The maximum atomic E-state index is 10.8. The summed E-state index contributed by atoms with van der Waals surface area (Å²) in [5, 5.41) is 14.2. The van der Waals surface area contributed by atoms with Crippen LogP contribution in [0.3, 0.4) is 0 Å². The Hall–Kier alpha value is -1.42. The van der Waals surface area contributed by atoms with Crippen LogP contribution in [0.5, 0.6) is 0 Å². The average Bonchev–Trinajstić information content (AvgIpc) is 2.64. The minimum absolute atomic E-state index is 0.201. The van der Waals surface area contributed by atoms with E-state index in [-0.39, 0.29) is 10.6 Å². The molecule has 0 bridgehead atoms. The summed E-state index contributed by atoms with van der Waals surface area (Å²) < 4.78 is 0. The van der Waals surface area contributed by atoms with Gasteiger partial charge in [-0.15, -0.1) is 0 Å². The summed E-state index contributed by atoms with van der Waals surface area (Å²) in [4.78, 5) is 10.5. The molecule has 1 saturated carbocycles. The number of benzene rings is 1. The van der Waals surface area contributed by atoms with Gasteiger partial charge < -0.3 is 5.32 Å². The van der Waals surface area contributed by atoms with Crippen molar-refractivity contribution in [2.75, 3.05) is 7.05 Å². The van der Waals surface area contributed by atoms with Crippen LogP contribution in [0.1, 0.15) is 37.7 Å². The van der Waals surface area contributed by atoms with E-state index in [9.17, 15) is 10.1 Å². The predicted molar refractivity (Wildman–Crippen MR) is 76.2 cm³/mol. The SMILES string of the molecule is CNC1CCCCCC1Cc1cccc([N+](=O)[O-])c1. The number of hydrogen-bond donors (Lipinski definition) is 1. The van der Waals surface area contributed by atoms with Crippen molar-refractivity contribution >= 4 is 5.69 Å². The summed E-state index contributed by atoms with van der Waals surface area (Å²) in [6.07, 6.45) is 7.25. The normalized spacial score (nSPS) is 23.8. The zero-order valence-corrected chi connectivity index (χ0v) is 11.5. The van der Waals surface area contributed by atoms with Gasteiger partial charge in [0.05, 0.1) is 4.92 Å². The van der Waals surface area contributed by atoms with E-state index < -0.39 is 0 Å². The molecule has 0 heterocycles. The predicted octanol–water partition coefficient (Wildman–Crippen LogP) is 3.31. The van der Waals surface area contributed by atoms with Crippen LogP contribution in [-0.4, -0.2) is 18.0 Å². The summed E-state index contributed by atoms with van der Waals surface area (Å²) >= 11 is 0. The second kappa shape index (κ2) is 6.66. The Labute approximate surface area is 114 Å². The van der Waals surface area contributed by atoms with Crippen LogP contribution < -0.4 is 5.32 Å². The van der Waals surface area contributed by atoms with E-state index in [4.69, 9.17) is 0 Å². The number of rotatable bonds is 4. The van der Waals surface area contributed by atoms with Gasteiger partial charge in [0.1, 0.15) is 0 Å². The Morgan fingerprint density at radius 2 is 2.11 bits per heavy atom. The molecular formula is C15H22N2O2. The van der Waals surface area contributed by atoms with Crippen LogP contribution in [0, 0.1) is 16.0 Å². The highest BCUT2D eigenvalue weighted by molar-refractivity contribution is 5.34. The first-order valence-electron chi connectivity index (χ1n) is 7.11. The summed E-state index contributed by atoms with van der Waals surface area (Å²) in [5.41, 5.74) is 1.29. The van der Waals surface area contributed by atoms with Gasteiger partial charge in [0.15, 0.2) is 0 Å². The molecule has 2 atom stereocenters. The van der Waals surface area contributed by atoms with Gasteiger partial charge in [-0.05, 0) is 37.8 Å². The molecule has 1 aromatic carbocycles. The van der Waals surface area contributed by atoms with Crippen molar-refractivity contribution in [3.63, 3.8) is 0 Å². The fraction of sp³-hybridized carbons (Fsp3) is 0.600. The third kappa shape index (κ3) is 3.77. The summed E-state index contributed by atoms with van der Waals surface area (Å²) in [7, 11) is 2.02. The van der Waals surface area contributed by atoms with Gasteiger partial charge in [0.2, 0.25) is 0 Å². The van der Waals surface area contributed by atoms with Gasteiger partial charge in [-0.1, -0.05) is 31.4 Å². The van der Waals surface area contributed by atoms with Crippen LogP contribution in [-0.2, 0) is 6.42 Å². The Kier molecular flexibility index (Phi) is 4.91. The van der Waals surface area contributed by atoms with Crippen molar-refractivity contribution in [2.45, 2.75) is 44.6 Å². The quantitative estimate of drug-likeness (QED) is 0.514. The molecule has 1 aliphatic rings. The lowest BCUT2D eigenvalue weighted by atomic mass is 9.88. The van der Waals surface area contributed by atoms with Crippen molar-refractivity contribution in [3.05, 3.63) is 39.9 Å². The van der Waals surface area contributed by atoms with Crippen molar-refractivity contribution in [2.24, 2.45) is 5.92 Å². The molecule has 1 N–H and O–H groups in total. The van der Waals surface area contributed by atoms with E-state index in [0.29, 0.717) is 12.0 Å².